The molecule has 3 N–H and O–H groups in total. The molecule has 0 saturated heterocycles. The Kier molecular flexibility index (Phi) is 4.24. The van der Waals surface area contributed by atoms with Gasteiger partial charge in [0.2, 0.25) is 11.8 Å². The summed E-state index contributed by atoms with van der Waals surface area (Å²) in [5.41, 5.74) is 1.78. The van der Waals surface area contributed by atoms with Crippen LogP contribution in [0.15, 0.2) is 42.6 Å². The summed E-state index contributed by atoms with van der Waals surface area (Å²) in [4.78, 5) is 40.6. The van der Waals surface area contributed by atoms with Crippen molar-refractivity contribution in [2.75, 3.05) is 10.6 Å². The van der Waals surface area contributed by atoms with Crippen molar-refractivity contribution in [1.82, 2.24) is 10.3 Å². The molecule has 0 aliphatic carbocycles. The first kappa shape index (κ1) is 15.7. The van der Waals surface area contributed by atoms with E-state index in [9.17, 15) is 14.4 Å². The minimum atomic E-state index is -0.949. The fraction of sp³-hybridized carbons (Fsp3) is 0.176. The normalized spacial score (nSPS) is 16.5. The Labute approximate surface area is 138 Å². The molecule has 7 heteroatoms. The number of rotatable bonds is 3. The summed E-state index contributed by atoms with van der Waals surface area (Å²) in [6.07, 6.45) is 1.45. The molecule has 0 saturated carbocycles. The van der Waals surface area contributed by atoms with Gasteiger partial charge in [0.15, 0.2) is 0 Å². The third-order valence-electron chi connectivity index (χ3n) is 3.62. The average Bonchev–Trinajstić information content (AvgIpc) is 2.67. The van der Waals surface area contributed by atoms with Gasteiger partial charge in [0, 0.05) is 6.20 Å². The number of pyridine rings is 1. The van der Waals surface area contributed by atoms with Crippen molar-refractivity contribution >= 4 is 29.2 Å². The number of aryl methyl sites for hydroxylation is 1. The molecule has 1 aliphatic rings. The van der Waals surface area contributed by atoms with Gasteiger partial charge >= 0.3 is 0 Å². The maximum atomic E-state index is 12.2. The zero-order valence-corrected chi connectivity index (χ0v) is 13.0. The second kappa shape index (κ2) is 6.49. The van der Waals surface area contributed by atoms with E-state index in [0.29, 0.717) is 17.1 Å². The van der Waals surface area contributed by atoms with Gasteiger partial charge in [-0.05, 0) is 30.7 Å². The van der Waals surface area contributed by atoms with Crippen LogP contribution in [0, 0.1) is 6.92 Å². The van der Waals surface area contributed by atoms with Gasteiger partial charge in [-0.15, -0.1) is 0 Å². The molecular weight excluding hydrogens is 308 g/mol. The van der Waals surface area contributed by atoms with Crippen LogP contribution < -0.4 is 16.0 Å². The highest BCUT2D eigenvalue weighted by molar-refractivity contribution is 6.11. The smallest absolute Gasteiger partial charge is 0.254 e. The number of aromatic nitrogens is 1. The molecule has 1 aromatic heterocycles. The molecule has 0 radical (unpaired) electrons. The van der Waals surface area contributed by atoms with Gasteiger partial charge in [-0.2, -0.15) is 0 Å². The topological polar surface area (TPSA) is 100 Å². The van der Waals surface area contributed by atoms with Crippen LogP contribution in [0.2, 0.25) is 0 Å². The number of fused-ring (bicyclic) bond motifs is 1. The lowest BCUT2D eigenvalue weighted by molar-refractivity contribution is -0.122. The number of carbonyl (C=O) groups is 3. The van der Waals surface area contributed by atoms with Gasteiger partial charge in [0.05, 0.1) is 17.7 Å². The Balaban J connectivity index is 1.69. The van der Waals surface area contributed by atoms with Crippen LogP contribution >= 0.6 is 0 Å². The van der Waals surface area contributed by atoms with E-state index in [1.807, 2.05) is 13.0 Å². The van der Waals surface area contributed by atoms with Crippen molar-refractivity contribution in [3.8, 4) is 0 Å². The second-order valence-corrected chi connectivity index (χ2v) is 5.53. The molecular formula is C17H16N4O3. The highest BCUT2D eigenvalue weighted by atomic mass is 16.2. The molecule has 3 amide bonds. The number of benzene rings is 1. The van der Waals surface area contributed by atoms with Crippen molar-refractivity contribution in [2.24, 2.45) is 0 Å². The van der Waals surface area contributed by atoms with E-state index in [-0.39, 0.29) is 6.42 Å². The monoisotopic (exact) mass is 324 g/mol. The number of nitrogens with zero attached hydrogens (tertiary/aromatic N) is 1. The van der Waals surface area contributed by atoms with Crippen LogP contribution in [0.25, 0.3) is 0 Å². The van der Waals surface area contributed by atoms with Crippen LogP contribution in [0.3, 0.4) is 0 Å². The molecule has 0 unspecified atom stereocenters. The average molecular weight is 324 g/mol. The summed E-state index contributed by atoms with van der Waals surface area (Å²) in [5.74, 6) is -0.831. The van der Waals surface area contributed by atoms with E-state index in [0.717, 1.165) is 5.56 Å². The number of anilines is 2. The Morgan fingerprint density at radius 3 is 2.75 bits per heavy atom. The molecule has 1 aromatic carbocycles. The summed E-state index contributed by atoms with van der Waals surface area (Å²) < 4.78 is 0. The molecule has 122 valence electrons. The molecule has 0 fully saturated rings. The van der Waals surface area contributed by atoms with E-state index in [1.54, 1.807) is 36.5 Å². The zero-order valence-electron chi connectivity index (χ0n) is 13.0. The largest absolute Gasteiger partial charge is 0.340 e. The Morgan fingerprint density at radius 1 is 1.21 bits per heavy atom. The highest BCUT2D eigenvalue weighted by Gasteiger charge is 2.29. The van der Waals surface area contributed by atoms with Crippen molar-refractivity contribution in [1.29, 1.82) is 0 Å². The minimum Gasteiger partial charge on any atom is -0.340 e. The summed E-state index contributed by atoms with van der Waals surface area (Å²) >= 11 is 0. The highest BCUT2D eigenvalue weighted by Crippen LogP contribution is 2.19. The van der Waals surface area contributed by atoms with Gasteiger partial charge in [0.1, 0.15) is 11.9 Å². The Hall–Kier alpha value is -3.22. The SMILES string of the molecule is Cc1ccc(NC(=O)C[C@H]2NC(=O)c3ccccc3NC2=O)nc1. The van der Waals surface area contributed by atoms with E-state index in [2.05, 4.69) is 20.9 Å². The maximum Gasteiger partial charge on any atom is 0.254 e. The van der Waals surface area contributed by atoms with Crippen molar-refractivity contribution in [3.63, 3.8) is 0 Å². The van der Waals surface area contributed by atoms with Gasteiger partial charge in [0.25, 0.3) is 5.91 Å². The number of hydrogen-bond acceptors (Lipinski definition) is 4. The van der Waals surface area contributed by atoms with Gasteiger partial charge in [-0.1, -0.05) is 18.2 Å². The molecule has 24 heavy (non-hydrogen) atoms. The van der Waals surface area contributed by atoms with E-state index >= 15 is 0 Å². The van der Waals surface area contributed by atoms with Gasteiger partial charge in [-0.25, -0.2) is 4.98 Å². The molecule has 0 bridgehead atoms. The number of nitrogens with one attached hydrogen (secondary N) is 3. The molecule has 1 aliphatic heterocycles. The van der Waals surface area contributed by atoms with Crippen LogP contribution in [0.1, 0.15) is 22.3 Å². The predicted octanol–water partition coefficient (Wildman–Crippen LogP) is 1.47. The number of hydrogen-bond donors (Lipinski definition) is 3. The summed E-state index contributed by atoms with van der Waals surface area (Å²) in [7, 11) is 0. The predicted molar refractivity (Wildman–Crippen MR) is 88.5 cm³/mol. The first-order valence-electron chi connectivity index (χ1n) is 7.46. The molecule has 2 aromatic rings. The van der Waals surface area contributed by atoms with Crippen LogP contribution in [-0.2, 0) is 9.59 Å². The Morgan fingerprint density at radius 2 is 2.00 bits per heavy atom. The fourth-order valence-electron chi connectivity index (χ4n) is 2.38. The zero-order chi connectivity index (χ0) is 17.1. The summed E-state index contributed by atoms with van der Waals surface area (Å²) in [6.45, 7) is 1.89. The minimum absolute atomic E-state index is 0.179. The molecule has 7 nitrogen and oxygen atoms in total. The van der Waals surface area contributed by atoms with Crippen LogP contribution in [0.4, 0.5) is 11.5 Å². The van der Waals surface area contributed by atoms with E-state index in [4.69, 9.17) is 0 Å². The lowest BCUT2D eigenvalue weighted by Crippen LogP contribution is -2.43. The van der Waals surface area contributed by atoms with Gasteiger partial charge in [-0.3, -0.25) is 14.4 Å². The lowest BCUT2D eigenvalue weighted by atomic mass is 10.1. The van der Waals surface area contributed by atoms with Crippen molar-refractivity contribution < 1.29 is 14.4 Å². The third kappa shape index (κ3) is 3.40. The quantitative estimate of drug-likeness (QED) is 0.796. The van der Waals surface area contributed by atoms with Crippen molar-refractivity contribution in [2.45, 2.75) is 19.4 Å². The maximum absolute atomic E-state index is 12.2. The third-order valence-corrected chi connectivity index (χ3v) is 3.62. The van der Waals surface area contributed by atoms with Crippen LogP contribution in [0.5, 0.6) is 0 Å². The van der Waals surface area contributed by atoms with E-state index in [1.165, 1.54) is 0 Å². The second-order valence-electron chi connectivity index (χ2n) is 5.53. The number of carbonyl (C=O) groups excluding carboxylic acids is 3. The van der Waals surface area contributed by atoms with Crippen LogP contribution in [-0.4, -0.2) is 28.7 Å². The first-order valence-corrected chi connectivity index (χ1v) is 7.46. The molecule has 3 rings (SSSR count). The molecule has 0 spiro atoms. The van der Waals surface area contributed by atoms with E-state index < -0.39 is 23.8 Å². The number of para-hydroxylation sites is 1. The molecule has 1 atom stereocenters. The van der Waals surface area contributed by atoms with Crippen molar-refractivity contribution in [3.05, 3.63) is 53.7 Å². The first-order chi connectivity index (χ1) is 11.5. The lowest BCUT2D eigenvalue weighted by Gasteiger charge is -2.14. The summed E-state index contributed by atoms with van der Waals surface area (Å²) in [5, 5.41) is 7.85. The van der Waals surface area contributed by atoms with Gasteiger partial charge < -0.3 is 16.0 Å². The molecule has 2 heterocycles. The Bertz CT molecular complexity index is 802. The summed E-state index contributed by atoms with van der Waals surface area (Å²) in [6, 6.07) is 9.24. The standard InChI is InChI=1S/C17H16N4O3/c1-10-6-7-14(18-9-10)21-15(22)8-13-17(24)19-12-5-3-2-4-11(12)16(23)20-13/h2-7,9,13H,8H2,1H3,(H,19,24)(H,20,23)(H,18,21,22)/t13-/m1/s1. The fourth-order valence-corrected chi connectivity index (χ4v) is 2.38. The number of amides is 3.